The molecule has 3 fully saturated rings. The second-order valence-corrected chi connectivity index (χ2v) is 12.4. The van der Waals surface area contributed by atoms with Crippen LogP contribution < -0.4 is 16.2 Å². The standard InChI is InChI=1S/C32H36N6O2/c33-26-23-11-5-4-8-21(23)20-31(26)15-17-37(18-16-31)30-34-28-25(29(39)35-30)27(36-38(28)24-12-6-7-19-40-24)32(13-14-32)22-9-2-1-3-10-22/h1-5,8-11,24,26H,6-7,12-20,33H2,(H,34,35,39)/t24?,26-/m1/s1. The predicted molar refractivity (Wildman–Crippen MR) is 154 cm³/mol. The normalized spacial score (nSPS) is 24.9. The summed E-state index contributed by atoms with van der Waals surface area (Å²) in [5.41, 5.74) is 11.9. The number of anilines is 1. The smallest absolute Gasteiger partial charge is 0.263 e. The first-order chi connectivity index (χ1) is 19.6. The molecular formula is C32H36N6O2. The average molecular weight is 537 g/mol. The number of benzene rings is 2. The van der Waals surface area contributed by atoms with E-state index in [4.69, 9.17) is 20.6 Å². The topological polar surface area (TPSA) is 102 Å². The van der Waals surface area contributed by atoms with Gasteiger partial charge in [-0.3, -0.25) is 9.78 Å². The van der Waals surface area contributed by atoms with Crippen LogP contribution in [0.1, 0.15) is 79.6 Å². The SMILES string of the molecule is N[C@@H]1c2ccccc2CC12CCN(c1nc3c(c(C4(c5ccccc5)CC4)nn3C3CCCCO3)c(=O)[nH]1)CC2. The van der Waals surface area contributed by atoms with Crippen molar-refractivity contribution >= 4 is 17.0 Å². The highest BCUT2D eigenvalue weighted by molar-refractivity contribution is 5.81. The molecule has 2 aromatic carbocycles. The maximum Gasteiger partial charge on any atom is 0.263 e. The van der Waals surface area contributed by atoms with E-state index < -0.39 is 0 Å². The van der Waals surface area contributed by atoms with E-state index in [0.29, 0.717) is 23.6 Å². The Bertz CT molecular complexity index is 1620. The molecule has 2 saturated heterocycles. The van der Waals surface area contributed by atoms with Crippen molar-refractivity contribution in [2.45, 2.75) is 69.1 Å². The average Bonchev–Trinajstić information content (AvgIpc) is 3.65. The zero-order chi connectivity index (χ0) is 26.9. The molecule has 2 aliphatic heterocycles. The van der Waals surface area contributed by atoms with E-state index in [1.54, 1.807) is 0 Å². The lowest BCUT2D eigenvalue weighted by molar-refractivity contribution is -0.0372. The molecule has 2 aliphatic carbocycles. The number of hydrogen-bond acceptors (Lipinski definition) is 6. The van der Waals surface area contributed by atoms with Crippen LogP contribution in [0.3, 0.4) is 0 Å². The van der Waals surface area contributed by atoms with E-state index >= 15 is 0 Å². The number of nitrogens with two attached hydrogens (primary N) is 1. The van der Waals surface area contributed by atoms with Crippen molar-refractivity contribution in [2.24, 2.45) is 11.1 Å². The third-order valence-corrected chi connectivity index (χ3v) is 10.2. The first-order valence-electron chi connectivity index (χ1n) is 14.9. The molecule has 1 unspecified atom stereocenters. The second-order valence-electron chi connectivity index (χ2n) is 12.4. The Labute approximate surface area is 233 Å². The maximum atomic E-state index is 13.9. The van der Waals surface area contributed by atoms with Gasteiger partial charge in [0.25, 0.3) is 5.56 Å². The number of ether oxygens (including phenoxy) is 1. The molecule has 4 aliphatic rings. The highest BCUT2D eigenvalue weighted by atomic mass is 16.5. The number of fused-ring (bicyclic) bond motifs is 2. The largest absolute Gasteiger partial charge is 0.356 e. The molecule has 8 rings (SSSR count). The van der Waals surface area contributed by atoms with Gasteiger partial charge in [-0.1, -0.05) is 54.6 Å². The fraction of sp³-hybridized carbons (Fsp3) is 0.469. The Morgan fingerprint density at radius 3 is 2.48 bits per heavy atom. The van der Waals surface area contributed by atoms with Crippen LogP contribution in [0.25, 0.3) is 11.0 Å². The quantitative estimate of drug-likeness (QED) is 0.391. The highest BCUT2D eigenvalue weighted by Crippen LogP contribution is 2.55. The zero-order valence-corrected chi connectivity index (χ0v) is 22.8. The van der Waals surface area contributed by atoms with Crippen LogP contribution in [0.15, 0.2) is 59.4 Å². The van der Waals surface area contributed by atoms with Gasteiger partial charge in [0.05, 0.1) is 5.69 Å². The number of H-pyrrole nitrogens is 1. The van der Waals surface area contributed by atoms with Gasteiger partial charge in [-0.15, -0.1) is 0 Å². The zero-order valence-electron chi connectivity index (χ0n) is 22.8. The Morgan fingerprint density at radius 1 is 0.975 bits per heavy atom. The third kappa shape index (κ3) is 3.62. The van der Waals surface area contributed by atoms with Gasteiger partial charge in [0.2, 0.25) is 5.95 Å². The van der Waals surface area contributed by atoms with E-state index in [1.807, 2.05) is 10.7 Å². The molecule has 2 atom stereocenters. The summed E-state index contributed by atoms with van der Waals surface area (Å²) in [6, 6.07) is 19.1. The minimum Gasteiger partial charge on any atom is -0.356 e. The Hall–Kier alpha value is -3.49. The van der Waals surface area contributed by atoms with Gasteiger partial charge in [0.15, 0.2) is 11.9 Å². The van der Waals surface area contributed by atoms with Crippen LogP contribution in [0.5, 0.6) is 0 Å². The van der Waals surface area contributed by atoms with Gasteiger partial charge in [0, 0.05) is 31.2 Å². The molecular weight excluding hydrogens is 500 g/mol. The summed E-state index contributed by atoms with van der Waals surface area (Å²) in [6.07, 6.45) is 7.74. The fourth-order valence-corrected chi connectivity index (χ4v) is 7.65. The first-order valence-corrected chi connectivity index (χ1v) is 14.9. The molecule has 0 radical (unpaired) electrons. The van der Waals surface area contributed by atoms with Crippen molar-refractivity contribution in [1.82, 2.24) is 19.7 Å². The molecule has 8 heteroatoms. The molecule has 1 saturated carbocycles. The number of piperidine rings is 1. The molecule has 40 heavy (non-hydrogen) atoms. The summed E-state index contributed by atoms with van der Waals surface area (Å²) in [5, 5.41) is 5.75. The number of aromatic nitrogens is 4. The summed E-state index contributed by atoms with van der Waals surface area (Å²) in [6.45, 7) is 2.33. The van der Waals surface area contributed by atoms with Gasteiger partial charge < -0.3 is 15.4 Å². The lowest BCUT2D eigenvalue weighted by Gasteiger charge is -2.42. The Morgan fingerprint density at radius 2 is 1.75 bits per heavy atom. The van der Waals surface area contributed by atoms with E-state index in [1.165, 1.54) is 16.7 Å². The summed E-state index contributed by atoms with van der Waals surface area (Å²) in [4.78, 5) is 24.4. The summed E-state index contributed by atoms with van der Waals surface area (Å²) in [5.74, 6) is 0.629. The number of hydrogen-bond donors (Lipinski definition) is 2. The van der Waals surface area contributed by atoms with Gasteiger partial charge in [0.1, 0.15) is 5.39 Å². The number of nitrogens with zero attached hydrogens (tertiary/aromatic N) is 4. The van der Waals surface area contributed by atoms with Crippen LogP contribution in [0.4, 0.5) is 5.95 Å². The van der Waals surface area contributed by atoms with Crippen molar-refractivity contribution in [3.63, 3.8) is 0 Å². The molecule has 0 bridgehead atoms. The van der Waals surface area contributed by atoms with Gasteiger partial charge in [-0.25, -0.2) is 4.68 Å². The van der Waals surface area contributed by atoms with Crippen LogP contribution in [0.2, 0.25) is 0 Å². The number of rotatable bonds is 4. The monoisotopic (exact) mass is 536 g/mol. The van der Waals surface area contributed by atoms with Crippen LogP contribution >= 0.6 is 0 Å². The maximum absolute atomic E-state index is 13.9. The Kier molecular flexibility index (Phi) is 5.48. The molecule has 0 amide bonds. The minimum absolute atomic E-state index is 0.0560. The summed E-state index contributed by atoms with van der Waals surface area (Å²) in [7, 11) is 0. The molecule has 3 N–H and O–H groups in total. The molecule has 2 aromatic heterocycles. The van der Waals surface area contributed by atoms with E-state index in [9.17, 15) is 4.79 Å². The van der Waals surface area contributed by atoms with Gasteiger partial charge >= 0.3 is 0 Å². The molecule has 1 spiro atoms. The van der Waals surface area contributed by atoms with Crippen molar-refractivity contribution in [3.8, 4) is 0 Å². The van der Waals surface area contributed by atoms with Crippen LogP contribution in [0, 0.1) is 5.41 Å². The van der Waals surface area contributed by atoms with Crippen LogP contribution in [-0.2, 0) is 16.6 Å². The highest BCUT2D eigenvalue weighted by Gasteiger charge is 2.50. The minimum atomic E-state index is -0.235. The fourth-order valence-electron chi connectivity index (χ4n) is 7.65. The van der Waals surface area contributed by atoms with Crippen molar-refractivity contribution in [3.05, 3.63) is 87.3 Å². The van der Waals surface area contributed by atoms with Crippen LogP contribution in [-0.4, -0.2) is 39.4 Å². The second kappa shape index (κ2) is 9.01. The van der Waals surface area contributed by atoms with Gasteiger partial charge in [-0.05, 0) is 73.5 Å². The lowest BCUT2D eigenvalue weighted by Crippen LogP contribution is -2.45. The molecule has 4 heterocycles. The number of nitrogens with one attached hydrogen (secondary N) is 1. The van der Waals surface area contributed by atoms with Gasteiger partial charge in [-0.2, -0.15) is 10.1 Å². The Balaban J connectivity index is 1.16. The van der Waals surface area contributed by atoms with Crippen molar-refractivity contribution in [2.75, 3.05) is 24.6 Å². The van der Waals surface area contributed by atoms with E-state index in [0.717, 1.165) is 70.2 Å². The third-order valence-electron chi connectivity index (χ3n) is 10.2. The molecule has 206 valence electrons. The summed E-state index contributed by atoms with van der Waals surface area (Å²) >= 11 is 0. The van der Waals surface area contributed by atoms with E-state index in [2.05, 4.69) is 58.4 Å². The van der Waals surface area contributed by atoms with E-state index in [-0.39, 0.29) is 28.7 Å². The first kappa shape index (κ1) is 24.3. The lowest BCUT2D eigenvalue weighted by atomic mass is 9.73. The molecule has 4 aromatic rings. The summed E-state index contributed by atoms with van der Waals surface area (Å²) < 4.78 is 8.09. The number of aromatic amines is 1. The molecule has 8 nitrogen and oxygen atoms in total. The van der Waals surface area contributed by atoms with Crippen molar-refractivity contribution in [1.29, 1.82) is 0 Å². The predicted octanol–water partition coefficient (Wildman–Crippen LogP) is 4.74. The van der Waals surface area contributed by atoms with Crippen molar-refractivity contribution < 1.29 is 4.74 Å².